The average Bonchev–Trinajstić information content (AvgIpc) is 2.88. The summed E-state index contributed by atoms with van der Waals surface area (Å²) in [4.78, 5) is 55.8. The standard InChI is InChI=1S/C27H33N3O7/c1-4-36-27(35)25(18(2)20-13-9-6-10-14-20)28-21-15-22(23(31)16-24(32)33)30(37-26(21)34)29(3)17-19-11-7-5-8-12-19/h5-14,18,21-22,25,28H,4,15-17H2,1-3H3,(H,32,33)/t18-,21-,22-,25-/m0/s1. The number of esters is 1. The topological polar surface area (TPSA) is 125 Å². The highest BCUT2D eigenvalue weighted by Gasteiger charge is 2.44. The fraction of sp³-hybridized carbons (Fsp3) is 0.407. The number of ketones is 1. The third kappa shape index (κ3) is 7.45. The lowest BCUT2D eigenvalue weighted by molar-refractivity contribution is -0.294. The lowest BCUT2D eigenvalue weighted by Gasteiger charge is -2.41. The number of carbonyl (C=O) groups is 4. The molecule has 2 aromatic carbocycles. The summed E-state index contributed by atoms with van der Waals surface area (Å²) >= 11 is 0. The van der Waals surface area contributed by atoms with Gasteiger partial charge in [-0.05, 0) is 18.1 Å². The summed E-state index contributed by atoms with van der Waals surface area (Å²) in [6.07, 6.45) is -0.812. The van der Waals surface area contributed by atoms with Gasteiger partial charge in [0.1, 0.15) is 24.5 Å². The van der Waals surface area contributed by atoms with Crippen molar-refractivity contribution in [2.24, 2.45) is 0 Å². The zero-order valence-electron chi connectivity index (χ0n) is 21.2. The van der Waals surface area contributed by atoms with E-state index in [9.17, 15) is 24.3 Å². The number of benzene rings is 2. The van der Waals surface area contributed by atoms with Crippen LogP contribution in [-0.4, -0.2) is 70.8 Å². The van der Waals surface area contributed by atoms with E-state index in [0.29, 0.717) is 6.54 Å². The first-order chi connectivity index (χ1) is 17.7. The Balaban J connectivity index is 1.84. The third-order valence-electron chi connectivity index (χ3n) is 6.23. The molecule has 0 radical (unpaired) electrons. The Morgan fingerprint density at radius 3 is 2.35 bits per heavy atom. The highest BCUT2D eigenvalue weighted by Crippen LogP contribution is 2.25. The monoisotopic (exact) mass is 511 g/mol. The number of carboxylic acid groups (broad SMARTS) is 1. The molecule has 1 aliphatic heterocycles. The van der Waals surface area contributed by atoms with E-state index in [-0.39, 0.29) is 18.9 Å². The Bertz CT molecular complexity index is 1080. The van der Waals surface area contributed by atoms with E-state index >= 15 is 0 Å². The van der Waals surface area contributed by atoms with Crippen molar-refractivity contribution in [2.45, 2.75) is 57.3 Å². The van der Waals surface area contributed by atoms with Crippen molar-refractivity contribution in [3.63, 3.8) is 0 Å². The summed E-state index contributed by atoms with van der Waals surface area (Å²) < 4.78 is 5.26. The molecule has 1 aliphatic rings. The van der Waals surface area contributed by atoms with Gasteiger partial charge in [-0.2, -0.15) is 0 Å². The van der Waals surface area contributed by atoms with Crippen LogP contribution in [0.1, 0.15) is 43.7 Å². The number of carboxylic acids is 1. The maximum Gasteiger partial charge on any atom is 0.343 e. The quantitative estimate of drug-likeness (QED) is 0.324. The number of aliphatic carboxylic acids is 1. The molecule has 1 fully saturated rings. The predicted octanol–water partition coefficient (Wildman–Crippen LogP) is 2.30. The second kappa shape index (κ2) is 13.1. The average molecular weight is 512 g/mol. The predicted molar refractivity (Wildman–Crippen MR) is 134 cm³/mol. The molecular weight excluding hydrogens is 478 g/mol. The summed E-state index contributed by atoms with van der Waals surface area (Å²) in [6, 6.07) is 15.7. The molecular formula is C27H33N3O7. The fourth-order valence-corrected chi connectivity index (χ4v) is 4.33. The van der Waals surface area contributed by atoms with Gasteiger partial charge in [-0.25, -0.2) is 9.80 Å². The summed E-state index contributed by atoms with van der Waals surface area (Å²) in [5.74, 6) is -3.48. The van der Waals surface area contributed by atoms with Gasteiger partial charge in [0.05, 0.1) is 6.61 Å². The first kappa shape index (κ1) is 28.0. The Kier molecular flexibility index (Phi) is 9.90. The minimum atomic E-state index is -1.28. The molecule has 1 heterocycles. The highest BCUT2D eigenvalue weighted by atomic mass is 16.7. The number of hydrogen-bond acceptors (Lipinski definition) is 9. The maximum absolute atomic E-state index is 13.1. The van der Waals surface area contributed by atoms with Crippen LogP contribution < -0.4 is 5.32 Å². The first-order valence-electron chi connectivity index (χ1n) is 12.2. The molecule has 0 aliphatic carbocycles. The fourth-order valence-electron chi connectivity index (χ4n) is 4.33. The van der Waals surface area contributed by atoms with Gasteiger partial charge >= 0.3 is 17.9 Å². The second-order valence-corrected chi connectivity index (χ2v) is 8.95. The van der Waals surface area contributed by atoms with Crippen molar-refractivity contribution in [1.29, 1.82) is 0 Å². The molecule has 1 saturated heterocycles. The summed E-state index contributed by atoms with van der Waals surface area (Å²) in [5.41, 5.74) is 1.77. The number of nitrogens with zero attached hydrogens (tertiary/aromatic N) is 2. The van der Waals surface area contributed by atoms with Gasteiger partial charge < -0.3 is 14.7 Å². The number of Topliss-reactive ketones (excluding diaryl/α,β-unsaturated/α-hetero) is 1. The van der Waals surface area contributed by atoms with Crippen molar-refractivity contribution in [2.75, 3.05) is 13.7 Å². The number of hydroxylamine groups is 1. The van der Waals surface area contributed by atoms with E-state index in [0.717, 1.165) is 16.3 Å². The van der Waals surface area contributed by atoms with Crippen molar-refractivity contribution < 1.29 is 33.9 Å². The number of nitrogens with one attached hydrogen (secondary N) is 1. The molecule has 2 N–H and O–H groups in total. The second-order valence-electron chi connectivity index (χ2n) is 8.95. The number of hydrazine groups is 1. The number of hydrogen-bond donors (Lipinski definition) is 2. The maximum atomic E-state index is 13.1. The Hall–Kier alpha value is -3.60. The van der Waals surface area contributed by atoms with E-state index in [4.69, 9.17) is 9.57 Å². The van der Waals surface area contributed by atoms with Gasteiger partial charge in [0.15, 0.2) is 5.78 Å². The Labute approximate surface area is 216 Å². The van der Waals surface area contributed by atoms with Crippen molar-refractivity contribution >= 4 is 23.7 Å². The van der Waals surface area contributed by atoms with Crippen LogP contribution in [0.25, 0.3) is 0 Å². The van der Waals surface area contributed by atoms with E-state index in [1.54, 1.807) is 19.0 Å². The van der Waals surface area contributed by atoms with Crippen LogP contribution in [-0.2, 0) is 35.3 Å². The molecule has 0 unspecified atom stereocenters. The van der Waals surface area contributed by atoms with Crippen LogP contribution in [0.2, 0.25) is 0 Å². The molecule has 37 heavy (non-hydrogen) atoms. The third-order valence-corrected chi connectivity index (χ3v) is 6.23. The van der Waals surface area contributed by atoms with Crippen molar-refractivity contribution in [3.05, 3.63) is 71.8 Å². The van der Waals surface area contributed by atoms with E-state index in [1.165, 1.54) is 0 Å². The van der Waals surface area contributed by atoms with Crippen LogP contribution in [0.4, 0.5) is 0 Å². The van der Waals surface area contributed by atoms with Gasteiger partial charge in [-0.3, -0.25) is 19.7 Å². The smallest absolute Gasteiger partial charge is 0.343 e. The zero-order chi connectivity index (χ0) is 26.9. The molecule has 2 aromatic rings. The van der Waals surface area contributed by atoms with Gasteiger partial charge in [0.2, 0.25) is 0 Å². The number of carbonyl (C=O) groups excluding carboxylic acids is 3. The molecule has 198 valence electrons. The SMILES string of the molecule is CCOC(=O)[C@@H](N[C@H]1C[C@@H](C(=O)CC(=O)O)N(N(C)Cc2ccccc2)OC1=O)[C@@H](C)c1ccccc1. The molecule has 10 heteroatoms. The van der Waals surface area contributed by atoms with E-state index < -0.39 is 48.2 Å². The van der Waals surface area contributed by atoms with Crippen molar-refractivity contribution in [1.82, 2.24) is 15.5 Å². The van der Waals surface area contributed by atoms with Gasteiger partial charge in [0.25, 0.3) is 0 Å². The van der Waals surface area contributed by atoms with Gasteiger partial charge in [-0.15, -0.1) is 0 Å². The normalized spacial score (nSPS) is 19.6. The van der Waals surface area contributed by atoms with E-state index in [2.05, 4.69) is 5.32 Å². The van der Waals surface area contributed by atoms with E-state index in [1.807, 2.05) is 67.6 Å². The molecule has 0 amide bonds. The molecule has 3 rings (SSSR count). The minimum absolute atomic E-state index is 0.0819. The Morgan fingerprint density at radius 1 is 1.14 bits per heavy atom. The molecule has 0 bridgehead atoms. The summed E-state index contributed by atoms with van der Waals surface area (Å²) in [6.45, 7) is 4.01. The summed E-state index contributed by atoms with van der Waals surface area (Å²) in [5, 5.41) is 15.0. The van der Waals surface area contributed by atoms with Gasteiger partial charge in [-0.1, -0.05) is 72.8 Å². The molecule has 0 saturated carbocycles. The largest absolute Gasteiger partial charge is 0.481 e. The molecule has 0 aromatic heterocycles. The lowest BCUT2D eigenvalue weighted by Crippen LogP contribution is -2.62. The van der Waals surface area contributed by atoms with Crippen LogP contribution in [0.3, 0.4) is 0 Å². The van der Waals surface area contributed by atoms with Crippen LogP contribution in [0.5, 0.6) is 0 Å². The Morgan fingerprint density at radius 2 is 1.76 bits per heavy atom. The van der Waals surface area contributed by atoms with Crippen LogP contribution in [0, 0.1) is 0 Å². The van der Waals surface area contributed by atoms with Gasteiger partial charge in [0, 0.05) is 25.9 Å². The number of rotatable bonds is 12. The summed E-state index contributed by atoms with van der Waals surface area (Å²) in [7, 11) is 1.65. The minimum Gasteiger partial charge on any atom is -0.481 e. The number of ether oxygens (including phenoxy) is 1. The van der Waals surface area contributed by atoms with Crippen LogP contribution >= 0.6 is 0 Å². The first-order valence-corrected chi connectivity index (χ1v) is 12.2. The zero-order valence-corrected chi connectivity index (χ0v) is 21.2. The highest BCUT2D eigenvalue weighted by molar-refractivity contribution is 5.98. The van der Waals surface area contributed by atoms with Crippen molar-refractivity contribution in [3.8, 4) is 0 Å². The van der Waals surface area contributed by atoms with Crippen LogP contribution in [0.15, 0.2) is 60.7 Å². The lowest BCUT2D eigenvalue weighted by atomic mass is 9.91. The molecule has 0 spiro atoms. The molecule has 4 atom stereocenters. The molecule has 10 nitrogen and oxygen atoms in total.